The number of rotatable bonds is 7. The van der Waals surface area contributed by atoms with E-state index in [0.29, 0.717) is 23.9 Å². The summed E-state index contributed by atoms with van der Waals surface area (Å²) >= 11 is 3.26. The highest BCUT2D eigenvalue weighted by molar-refractivity contribution is 9.10. The molecule has 1 aliphatic rings. The highest BCUT2D eigenvalue weighted by atomic mass is 79.9. The lowest BCUT2D eigenvalue weighted by Gasteiger charge is -2.33. The molecule has 0 saturated carbocycles. The third-order valence-corrected chi connectivity index (χ3v) is 7.04. The lowest BCUT2D eigenvalue weighted by molar-refractivity contribution is -0.126. The number of sulfonamides is 1. The summed E-state index contributed by atoms with van der Waals surface area (Å²) in [6, 6.07) is 5.02. The van der Waals surface area contributed by atoms with E-state index in [9.17, 15) is 23.1 Å². The summed E-state index contributed by atoms with van der Waals surface area (Å²) in [6.07, 6.45) is 1.06. The molecule has 0 spiro atoms. The molecule has 2 rings (SSSR count). The maximum atomic E-state index is 13.3. The zero-order chi connectivity index (χ0) is 20.9. The molecule has 1 aromatic rings. The minimum atomic E-state index is -4.21. The zero-order valence-electron chi connectivity index (χ0n) is 15.5. The van der Waals surface area contributed by atoms with Gasteiger partial charge in [-0.25, -0.2) is 12.7 Å². The van der Waals surface area contributed by atoms with Gasteiger partial charge in [-0.05, 0) is 50.1 Å². The van der Waals surface area contributed by atoms with Crippen LogP contribution in [0, 0.1) is 12.3 Å². The first-order chi connectivity index (χ1) is 13.1. The molecule has 1 aromatic carbocycles. The van der Waals surface area contributed by atoms with Crippen LogP contribution in [-0.4, -0.2) is 54.9 Å². The van der Waals surface area contributed by atoms with Gasteiger partial charge in [-0.1, -0.05) is 22.9 Å². The molecule has 10 heteroatoms. The Kier molecular flexibility index (Phi) is 7.99. The van der Waals surface area contributed by atoms with Gasteiger partial charge in [0.2, 0.25) is 11.8 Å². The van der Waals surface area contributed by atoms with Crippen molar-refractivity contribution in [3.05, 3.63) is 35.2 Å². The number of primary amides is 1. The second-order valence-corrected chi connectivity index (χ2v) is 9.55. The lowest BCUT2D eigenvalue weighted by Crippen LogP contribution is -2.51. The van der Waals surface area contributed by atoms with Crippen LogP contribution in [0.5, 0.6) is 0 Å². The number of nitrogens with two attached hydrogens (primary N) is 1. The number of hydrogen-bond donors (Lipinski definition) is 3. The fraction of sp³-hybridized carbons (Fsp3) is 0.500. The number of halogens is 1. The number of carbonyl (C=O) groups excluding carboxylic acids is 2. The molecule has 3 atom stereocenters. The van der Waals surface area contributed by atoms with Crippen molar-refractivity contribution in [2.45, 2.75) is 43.2 Å². The van der Waals surface area contributed by atoms with Crippen molar-refractivity contribution in [2.24, 2.45) is 11.7 Å². The van der Waals surface area contributed by atoms with E-state index < -0.39 is 39.9 Å². The van der Waals surface area contributed by atoms with Crippen molar-refractivity contribution in [1.82, 2.24) is 9.62 Å². The average Bonchev–Trinajstić information content (AvgIpc) is 2.84. The van der Waals surface area contributed by atoms with Gasteiger partial charge in [-0.2, -0.15) is 0 Å². The number of benzene rings is 1. The quantitative estimate of drug-likeness (QED) is 0.535. The second kappa shape index (κ2) is 9.82. The fourth-order valence-electron chi connectivity index (χ4n) is 2.95. The van der Waals surface area contributed by atoms with Gasteiger partial charge in [0.15, 0.2) is 0 Å². The molecule has 1 fully saturated rings. The van der Waals surface area contributed by atoms with Crippen LogP contribution in [0.15, 0.2) is 33.6 Å². The van der Waals surface area contributed by atoms with Crippen molar-refractivity contribution in [1.29, 1.82) is 0 Å². The summed E-state index contributed by atoms with van der Waals surface area (Å²) in [5.41, 5.74) is 5.22. The second-order valence-electron chi connectivity index (χ2n) is 6.82. The van der Waals surface area contributed by atoms with Crippen molar-refractivity contribution < 1.29 is 23.1 Å². The lowest BCUT2D eigenvalue weighted by atomic mass is 10.0. The molecule has 155 valence electrons. The zero-order valence-corrected chi connectivity index (χ0v) is 17.9. The van der Waals surface area contributed by atoms with E-state index in [1.54, 1.807) is 19.1 Å². The monoisotopic (exact) mass is 474 g/mol. The molecule has 4 N–H and O–H groups in total. The number of carbonyl (C=O) groups is 2. The van der Waals surface area contributed by atoms with Crippen LogP contribution in [0.3, 0.4) is 0 Å². The van der Waals surface area contributed by atoms with E-state index in [2.05, 4.69) is 21.2 Å². The number of nitrogens with one attached hydrogen (secondary N) is 1. The maximum Gasteiger partial charge on any atom is 0.266 e. The van der Waals surface area contributed by atoms with E-state index in [0.717, 1.165) is 10.7 Å². The standard InChI is InChI=1S/C18H25BrN3O5S/c1-12(18(20)25)4-9-17(24)22(15-3-2-10-21-11-16(15)23)28(26,27)14-7-5-13(19)6-8-14/h5-9,12,15-16,21,23H,2-4,10-11H2,1H3,(H2,20,25)/t12?,15?,16-/m0/s1. The van der Waals surface area contributed by atoms with Gasteiger partial charge in [0.05, 0.1) is 23.5 Å². The molecule has 2 unspecified atom stereocenters. The van der Waals surface area contributed by atoms with Gasteiger partial charge < -0.3 is 16.2 Å². The van der Waals surface area contributed by atoms with Gasteiger partial charge >= 0.3 is 0 Å². The third kappa shape index (κ3) is 5.53. The van der Waals surface area contributed by atoms with E-state index in [1.807, 2.05) is 0 Å². The number of nitrogens with zero attached hydrogens (tertiary/aromatic N) is 1. The Labute approximate surface area is 173 Å². The number of aliphatic hydroxyl groups is 1. The average molecular weight is 475 g/mol. The van der Waals surface area contributed by atoms with Crippen LogP contribution in [-0.2, 0) is 19.6 Å². The van der Waals surface area contributed by atoms with Crippen LogP contribution >= 0.6 is 15.9 Å². The molecular weight excluding hydrogens is 450 g/mol. The predicted molar refractivity (Wildman–Crippen MR) is 107 cm³/mol. The summed E-state index contributed by atoms with van der Waals surface area (Å²) < 4.78 is 28.0. The molecular formula is C18H25BrN3O5S. The number of amides is 2. The first-order valence-electron chi connectivity index (χ1n) is 9.00. The smallest absolute Gasteiger partial charge is 0.266 e. The van der Waals surface area contributed by atoms with E-state index in [4.69, 9.17) is 5.73 Å². The molecule has 2 amide bonds. The van der Waals surface area contributed by atoms with Gasteiger partial charge in [0, 0.05) is 16.9 Å². The van der Waals surface area contributed by atoms with E-state index in [-0.39, 0.29) is 17.9 Å². The van der Waals surface area contributed by atoms with Gasteiger partial charge in [-0.3, -0.25) is 9.59 Å². The molecule has 0 aromatic heterocycles. The Morgan fingerprint density at radius 1 is 1.39 bits per heavy atom. The summed E-state index contributed by atoms with van der Waals surface area (Å²) in [5.74, 6) is -1.96. The van der Waals surface area contributed by atoms with E-state index in [1.165, 1.54) is 12.1 Å². The molecule has 28 heavy (non-hydrogen) atoms. The highest BCUT2D eigenvalue weighted by Gasteiger charge is 2.39. The Morgan fingerprint density at radius 3 is 2.64 bits per heavy atom. The predicted octanol–water partition coefficient (Wildman–Crippen LogP) is 0.795. The van der Waals surface area contributed by atoms with Crippen molar-refractivity contribution >= 4 is 37.8 Å². The van der Waals surface area contributed by atoms with Crippen LogP contribution in [0.25, 0.3) is 0 Å². The normalized spacial score (nSPS) is 21.5. The van der Waals surface area contributed by atoms with Gasteiger partial charge in [0.25, 0.3) is 10.0 Å². The third-order valence-electron chi connectivity index (χ3n) is 4.67. The number of hydrogen-bond acceptors (Lipinski definition) is 6. The molecule has 1 aliphatic heterocycles. The van der Waals surface area contributed by atoms with Gasteiger partial charge in [-0.15, -0.1) is 0 Å². The first kappa shape index (κ1) is 22.8. The Hall–Kier alpha value is -1.49. The topological polar surface area (TPSA) is 130 Å². The number of β-amino-alcohol motifs (C(OH)–C–C–N with tert-alkyl or cyclic N) is 1. The summed E-state index contributed by atoms with van der Waals surface area (Å²) in [7, 11) is -4.21. The minimum Gasteiger partial charge on any atom is -0.390 e. The Balaban J connectivity index is 2.38. The van der Waals surface area contributed by atoms with Crippen molar-refractivity contribution in [3.63, 3.8) is 0 Å². The molecule has 8 nitrogen and oxygen atoms in total. The minimum absolute atomic E-state index is 0.0155. The first-order valence-corrected chi connectivity index (χ1v) is 11.2. The SMILES string of the molecule is CC(C[CH]C(=O)N(C1CCCNC[C@@H]1O)S(=O)(=O)c1ccc(Br)cc1)C(N)=O. The molecule has 1 saturated heterocycles. The van der Waals surface area contributed by atoms with Crippen LogP contribution in [0.1, 0.15) is 26.2 Å². The van der Waals surface area contributed by atoms with Crippen molar-refractivity contribution in [2.75, 3.05) is 13.1 Å². The van der Waals surface area contributed by atoms with Gasteiger partial charge in [0.1, 0.15) is 0 Å². The largest absolute Gasteiger partial charge is 0.390 e. The maximum absolute atomic E-state index is 13.3. The van der Waals surface area contributed by atoms with Crippen LogP contribution in [0.2, 0.25) is 0 Å². The molecule has 0 aliphatic carbocycles. The number of aliphatic hydroxyl groups excluding tert-OH is 1. The molecule has 0 bridgehead atoms. The Bertz CT molecular complexity index is 800. The van der Waals surface area contributed by atoms with E-state index >= 15 is 0 Å². The van der Waals surface area contributed by atoms with Crippen molar-refractivity contribution in [3.8, 4) is 0 Å². The van der Waals surface area contributed by atoms with Crippen LogP contribution < -0.4 is 11.1 Å². The molecule has 1 radical (unpaired) electrons. The summed E-state index contributed by atoms with van der Waals surface area (Å²) in [5, 5.41) is 13.5. The summed E-state index contributed by atoms with van der Waals surface area (Å²) in [4.78, 5) is 24.1. The highest BCUT2D eigenvalue weighted by Crippen LogP contribution is 2.26. The van der Waals surface area contributed by atoms with Crippen LogP contribution in [0.4, 0.5) is 0 Å². The Morgan fingerprint density at radius 2 is 2.04 bits per heavy atom. The summed E-state index contributed by atoms with van der Waals surface area (Å²) in [6.45, 7) is 2.36. The molecule has 1 heterocycles. The fourth-order valence-corrected chi connectivity index (χ4v) is 4.84.